The van der Waals surface area contributed by atoms with Gasteiger partial charge in [-0.25, -0.2) is 0 Å². The van der Waals surface area contributed by atoms with Gasteiger partial charge in [0.1, 0.15) is 5.75 Å². The molecule has 0 saturated heterocycles. The van der Waals surface area contributed by atoms with Crippen molar-refractivity contribution in [2.75, 3.05) is 19.8 Å². The maximum absolute atomic E-state index is 11.1. The first-order chi connectivity index (χ1) is 8.27. The van der Waals surface area contributed by atoms with Gasteiger partial charge in [-0.2, -0.15) is 0 Å². The van der Waals surface area contributed by atoms with Gasteiger partial charge in [-0.05, 0) is 25.0 Å². The standard InChI is InChI=1S/C13H18O4/c1-2-16-13(15)8-10-17-12-6-4-3-5-11(12)7-9-14/h3-6,14H,2,7-10H2,1H3. The number of hydrogen-bond acceptors (Lipinski definition) is 4. The number of carbonyl (C=O) groups excluding carboxylic acids is 1. The summed E-state index contributed by atoms with van der Waals surface area (Å²) in [5.41, 5.74) is 0.943. The van der Waals surface area contributed by atoms with Crippen molar-refractivity contribution in [3.63, 3.8) is 0 Å². The molecule has 0 radical (unpaired) electrons. The van der Waals surface area contributed by atoms with E-state index in [1.165, 1.54) is 0 Å². The molecule has 0 atom stereocenters. The van der Waals surface area contributed by atoms with Crippen molar-refractivity contribution in [2.45, 2.75) is 19.8 Å². The Hall–Kier alpha value is -1.55. The summed E-state index contributed by atoms with van der Waals surface area (Å²) in [5.74, 6) is 0.456. The lowest BCUT2D eigenvalue weighted by atomic mass is 10.1. The number of carbonyl (C=O) groups is 1. The highest BCUT2D eigenvalue weighted by molar-refractivity contribution is 5.69. The van der Waals surface area contributed by atoms with Crippen LogP contribution in [0.15, 0.2) is 24.3 Å². The summed E-state index contributed by atoms with van der Waals surface area (Å²) in [4.78, 5) is 11.1. The first-order valence-corrected chi connectivity index (χ1v) is 5.75. The molecule has 0 amide bonds. The SMILES string of the molecule is CCOC(=O)CCOc1ccccc1CCO. The molecule has 0 aliphatic carbocycles. The van der Waals surface area contributed by atoms with Crippen LogP contribution in [0.5, 0.6) is 5.75 Å². The Kier molecular flexibility index (Phi) is 6.10. The smallest absolute Gasteiger partial charge is 0.309 e. The van der Waals surface area contributed by atoms with Gasteiger partial charge < -0.3 is 14.6 Å². The zero-order valence-electron chi connectivity index (χ0n) is 10.0. The Morgan fingerprint density at radius 3 is 2.82 bits per heavy atom. The summed E-state index contributed by atoms with van der Waals surface area (Å²) in [6.07, 6.45) is 0.789. The number of aliphatic hydroxyl groups is 1. The second-order valence-corrected chi connectivity index (χ2v) is 3.48. The predicted octanol–water partition coefficient (Wildman–Crippen LogP) is 1.55. The van der Waals surface area contributed by atoms with Gasteiger partial charge in [0.25, 0.3) is 0 Å². The zero-order chi connectivity index (χ0) is 12.5. The lowest BCUT2D eigenvalue weighted by Crippen LogP contribution is -2.10. The first kappa shape index (κ1) is 13.5. The molecule has 0 aliphatic heterocycles. The van der Waals surface area contributed by atoms with Crippen molar-refractivity contribution in [1.82, 2.24) is 0 Å². The minimum Gasteiger partial charge on any atom is -0.493 e. The van der Waals surface area contributed by atoms with Gasteiger partial charge in [0.15, 0.2) is 0 Å². The van der Waals surface area contributed by atoms with Gasteiger partial charge in [-0.1, -0.05) is 18.2 Å². The third kappa shape index (κ3) is 4.87. The fraction of sp³-hybridized carbons (Fsp3) is 0.462. The van der Waals surface area contributed by atoms with Gasteiger partial charge in [-0.15, -0.1) is 0 Å². The predicted molar refractivity (Wildman–Crippen MR) is 64.0 cm³/mol. The summed E-state index contributed by atoms with van der Waals surface area (Å²) < 4.78 is 10.3. The van der Waals surface area contributed by atoms with Crippen LogP contribution in [0.3, 0.4) is 0 Å². The fourth-order valence-electron chi connectivity index (χ4n) is 1.45. The van der Waals surface area contributed by atoms with Gasteiger partial charge in [0.2, 0.25) is 0 Å². The first-order valence-electron chi connectivity index (χ1n) is 5.75. The highest BCUT2D eigenvalue weighted by Crippen LogP contribution is 2.18. The molecule has 17 heavy (non-hydrogen) atoms. The number of ether oxygens (including phenoxy) is 2. The van der Waals surface area contributed by atoms with Crippen LogP contribution in [-0.4, -0.2) is 30.9 Å². The van der Waals surface area contributed by atoms with E-state index in [0.717, 1.165) is 5.56 Å². The fourth-order valence-corrected chi connectivity index (χ4v) is 1.45. The molecule has 0 aliphatic rings. The molecular formula is C13H18O4. The molecule has 1 N–H and O–H groups in total. The molecule has 0 heterocycles. The molecule has 1 aromatic carbocycles. The van der Waals surface area contributed by atoms with E-state index in [1.807, 2.05) is 24.3 Å². The molecule has 4 nitrogen and oxygen atoms in total. The topological polar surface area (TPSA) is 55.8 Å². The Bertz CT molecular complexity index is 349. The van der Waals surface area contributed by atoms with Crippen LogP contribution in [0.25, 0.3) is 0 Å². The number of aliphatic hydroxyl groups excluding tert-OH is 1. The summed E-state index contributed by atoms with van der Waals surface area (Å²) in [6.45, 7) is 2.54. The Labute approximate surface area is 101 Å². The van der Waals surface area contributed by atoms with E-state index in [2.05, 4.69) is 0 Å². The van der Waals surface area contributed by atoms with Crippen LogP contribution in [0.1, 0.15) is 18.9 Å². The van der Waals surface area contributed by atoms with E-state index in [-0.39, 0.29) is 19.0 Å². The number of benzene rings is 1. The molecule has 1 aromatic rings. The van der Waals surface area contributed by atoms with Crippen molar-refractivity contribution in [3.8, 4) is 5.75 Å². The Morgan fingerprint density at radius 2 is 2.12 bits per heavy atom. The molecule has 1 rings (SSSR count). The molecule has 0 aromatic heterocycles. The number of hydrogen-bond donors (Lipinski definition) is 1. The largest absolute Gasteiger partial charge is 0.493 e. The number of rotatable bonds is 7. The Balaban J connectivity index is 2.43. The molecule has 0 fully saturated rings. The summed E-state index contributed by atoms with van der Waals surface area (Å²) in [5, 5.41) is 8.90. The van der Waals surface area contributed by atoms with Gasteiger partial charge in [0, 0.05) is 6.61 Å². The van der Waals surface area contributed by atoms with Crippen LogP contribution >= 0.6 is 0 Å². The molecule has 0 unspecified atom stereocenters. The van der Waals surface area contributed by atoms with Crippen molar-refractivity contribution in [2.24, 2.45) is 0 Å². The van der Waals surface area contributed by atoms with Gasteiger partial charge >= 0.3 is 5.97 Å². The lowest BCUT2D eigenvalue weighted by Gasteiger charge is -2.10. The monoisotopic (exact) mass is 238 g/mol. The van der Waals surface area contributed by atoms with Crippen molar-refractivity contribution >= 4 is 5.97 Å². The van der Waals surface area contributed by atoms with E-state index in [0.29, 0.717) is 25.4 Å². The van der Waals surface area contributed by atoms with E-state index in [1.54, 1.807) is 6.92 Å². The van der Waals surface area contributed by atoms with Crippen LogP contribution < -0.4 is 4.74 Å². The second-order valence-electron chi connectivity index (χ2n) is 3.48. The maximum atomic E-state index is 11.1. The minimum atomic E-state index is -0.257. The molecule has 0 saturated carbocycles. The highest BCUT2D eigenvalue weighted by atomic mass is 16.5. The average molecular weight is 238 g/mol. The summed E-state index contributed by atoms with van der Waals surface area (Å²) in [6, 6.07) is 7.48. The van der Waals surface area contributed by atoms with E-state index >= 15 is 0 Å². The third-order valence-corrected chi connectivity index (χ3v) is 2.22. The lowest BCUT2D eigenvalue weighted by molar-refractivity contribution is -0.143. The van der Waals surface area contributed by atoms with Gasteiger partial charge in [0.05, 0.1) is 19.6 Å². The summed E-state index contributed by atoms with van der Waals surface area (Å²) in [7, 11) is 0. The molecule has 94 valence electrons. The normalized spacial score (nSPS) is 10.0. The molecule has 0 bridgehead atoms. The second kappa shape index (κ2) is 7.68. The number of para-hydroxylation sites is 1. The highest BCUT2D eigenvalue weighted by Gasteiger charge is 2.05. The van der Waals surface area contributed by atoms with E-state index in [9.17, 15) is 4.79 Å². The van der Waals surface area contributed by atoms with E-state index < -0.39 is 0 Å². The maximum Gasteiger partial charge on any atom is 0.309 e. The van der Waals surface area contributed by atoms with Crippen molar-refractivity contribution in [3.05, 3.63) is 29.8 Å². The van der Waals surface area contributed by atoms with Crippen molar-refractivity contribution < 1.29 is 19.4 Å². The van der Waals surface area contributed by atoms with Crippen molar-refractivity contribution in [1.29, 1.82) is 0 Å². The van der Waals surface area contributed by atoms with E-state index in [4.69, 9.17) is 14.6 Å². The number of esters is 1. The molecule has 4 heteroatoms. The molecule has 0 spiro atoms. The average Bonchev–Trinajstić information content (AvgIpc) is 2.32. The third-order valence-electron chi connectivity index (χ3n) is 2.22. The van der Waals surface area contributed by atoms with Crippen LogP contribution in [0, 0.1) is 0 Å². The van der Waals surface area contributed by atoms with Crippen LogP contribution in [0.2, 0.25) is 0 Å². The van der Waals surface area contributed by atoms with Gasteiger partial charge in [-0.3, -0.25) is 4.79 Å². The minimum absolute atomic E-state index is 0.0816. The molecular weight excluding hydrogens is 220 g/mol. The Morgan fingerprint density at radius 1 is 1.35 bits per heavy atom. The quantitative estimate of drug-likeness (QED) is 0.732. The van der Waals surface area contributed by atoms with Crippen LogP contribution in [0.4, 0.5) is 0 Å². The van der Waals surface area contributed by atoms with Crippen LogP contribution in [-0.2, 0) is 16.0 Å². The zero-order valence-corrected chi connectivity index (χ0v) is 10.0. The summed E-state index contributed by atoms with van der Waals surface area (Å²) >= 11 is 0.